The van der Waals surface area contributed by atoms with E-state index in [4.69, 9.17) is 18.9 Å². The Morgan fingerprint density at radius 2 is 0.927 bits per heavy atom. The van der Waals surface area contributed by atoms with Crippen molar-refractivity contribution in [3.63, 3.8) is 0 Å². The van der Waals surface area contributed by atoms with Crippen molar-refractivity contribution in [3.05, 3.63) is 164 Å². The highest BCUT2D eigenvalue weighted by Crippen LogP contribution is 2.45. The van der Waals surface area contributed by atoms with Crippen molar-refractivity contribution in [2.24, 2.45) is 0 Å². The van der Waals surface area contributed by atoms with Crippen LogP contribution in [0.25, 0.3) is 22.3 Å². The summed E-state index contributed by atoms with van der Waals surface area (Å²) in [7, 11) is 0. The van der Waals surface area contributed by atoms with E-state index >= 15 is 0 Å². The molecular formula is C48H37BN2O4. The third-order valence-corrected chi connectivity index (χ3v) is 11.2. The van der Waals surface area contributed by atoms with Crippen LogP contribution in [0.15, 0.2) is 164 Å². The lowest BCUT2D eigenvalue weighted by molar-refractivity contribution is 0.178. The zero-order chi connectivity index (χ0) is 36.6. The Labute approximate surface area is 321 Å². The summed E-state index contributed by atoms with van der Waals surface area (Å²) in [4.78, 5) is 4.88. The van der Waals surface area contributed by atoms with Gasteiger partial charge in [0.05, 0.1) is 0 Å². The van der Waals surface area contributed by atoms with E-state index in [-0.39, 0.29) is 31.5 Å². The molecule has 6 nitrogen and oxygen atoms in total. The van der Waals surface area contributed by atoms with Crippen molar-refractivity contribution in [1.29, 1.82) is 0 Å². The Bertz CT molecular complexity index is 2560. The minimum absolute atomic E-state index is 0.0489. The number of fused-ring (bicyclic) bond motifs is 4. The van der Waals surface area contributed by atoms with Crippen LogP contribution in [0.2, 0.25) is 0 Å². The second kappa shape index (κ2) is 12.7. The second-order valence-electron chi connectivity index (χ2n) is 14.7. The Hall–Kier alpha value is -6.28. The molecule has 11 rings (SSSR count). The van der Waals surface area contributed by atoms with E-state index in [9.17, 15) is 0 Å². The smallest absolute Gasteiger partial charge is 0.252 e. The quantitative estimate of drug-likeness (QED) is 0.115. The van der Waals surface area contributed by atoms with E-state index in [1.807, 2.05) is 38.1 Å². The first-order valence-electron chi connectivity index (χ1n) is 19.0. The summed E-state index contributed by atoms with van der Waals surface area (Å²) < 4.78 is 22.8. The first kappa shape index (κ1) is 32.2. The van der Waals surface area contributed by atoms with Gasteiger partial charge in [-0.25, -0.2) is 0 Å². The molecule has 0 bridgehead atoms. The molecule has 7 heteroatoms. The molecule has 4 aliphatic heterocycles. The van der Waals surface area contributed by atoms with Gasteiger partial charge in [-0.3, -0.25) is 0 Å². The van der Waals surface area contributed by atoms with Crippen molar-refractivity contribution < 1.29 is 18.9 Å². The highest BCUT2D eigenvalue weighted by Gasteiger charge is 2.43. The number of anilines is 6. The third kappa shape index (κ3) is 5.58. The molecule has 0 N–H and O–H groups in total. The van der Waals surface area contributed by atoms with Gasteiger partial charge in [-0.05, 0) is 125 Å². The third-order valence-electron chi connectivity index (χ3n) is 11.2. The number of rotatable bonds is 8. The van der Waals surface area contributed by atoms with Crippen LogP contribution >= 0.6 is 0 Å². The molecule has 7 aromatic carbocycles. The summed E-state index contributed by atoms with van der Waals surface area (Å²) in [6.45, 7) is 4.09. The number of hydrogen-bond acceptors (Lipinski definition) is 6. The SMILES string of the molecule is CC1OC1Oc1ccc(-c2cccc(N3c4ccccc4B4c5ccc(-c6ccc(OC7OC7C)cc6)cc5N(c5ccccc5)c5cccc3c54)c2)cc1. The molecule has 4 atom stereocenters. The summed E-state index contributed by atoms with van der Waals surface area (Å²) in [5, 5.41) is 0. The summed E-state index contributed by atoms with van der Waals surface area (Å²) >= 11 is 0. The zero-order valence-electron chi connectivity index (χ0n) is 30.5. The number of epoxide rings is 2. The topological polar surface area (TPSA) is 50.0 Å². The lowest BCUT2D eigenvalue weighted by Gasteiger charge is -2.44. The Balaban J connectivity index is 1.03. The van der Waals surface area contributed by atoms with Crippen LogP contribution in [0.5, 0.6) is 11.5 Å². The van der Waals surface area contributed by atoms with Gasteiger partial charge in [0.2, 0.25) is 12.6 Å². The molecule has 0 saturated carbocycles. The molecule has 2 saturated heterocycles. The molecule has 7 aromatic rings. The highest BCUT2D eigenvalue weighted by atomic mass is 16.8. The molecule has 4 unspecified atom stereocenters. The molecule has 0 radical (unpaired) electrons. The zero-order valence-corrected chi connectivity index (χ0v) is 30.5. The molecule has 2 fully saturated rings. The Morgan fingerprint density at radius 1 is 0.436 bits per heavy atom. The fraction of sp³-hybridized carbons (Fsp3) is 0.125. The largest absolute Gasteiger partial charge is 0.462 e. The summed E-state index contributed by atoms with van der Waals surface area (Å²) in [5.41, 5.74) is 15.4. The fourth-order valence-corrected chi connectivity index (χ4v) is 8.32. The Kier molecular flexibility index (Phi) is 7.41. The van der Waals surface area contributed by atoms with Gasteiger partial charge in [0.1, 0.15) is 23.7 Å². The molecule has 4 heterocycles. The second-order valence-corrected chi connectivity index (χ2v) is 14.7. The van der Waals surface area contributed by atoms with Crippen LogP contribution in [0, 0.1) is 0 Å². The van der Waals surface area contributed by atoms with Crippen molar-refractivity contribution in [1.82, 2.24) is 0 Å². The lowest BCUT2D eigenvalue weighted by atomic mass is 9.33. The van der Waals surface area contributed by atoms with Gasteiger partial charge >= 0.3 is 0 Å². The van der Waals surface area contributed by atoms with Gasteiger partial charge in [-0.1, -0.05) is 91.0 Å². The van der Waals surface area contributed by atoms with E-state index in [0.29, 0.717) is 0 Å². The number of benzene rings is 7. The van der Waals surface area contributed by atoms with E-state index in [1.54, 1.807) is 0 Å². The van der Waals surface area contributed by atoms with Crippen LogP contribution in [-0.4, -0.2) is 31.5 Å². The summed E-state index contributed by atoms with van der Waals surface area (Å²) in [6, 6.07) is 58.9. The van der Waals surface area contributed by atoms with Gasteiger partial charge in [-0.2, -0.15) is 0 Å². The van der Waals surface area contributed by atoms with Gasteiger partial charge in [-0.15, -0.1) is 0 Å². The van der Waals surface area contributed by atoms with Gasteiger partial charge in [0, 0.05) is 34.1 Å². The molecular weight excluding hydrogens is 679 g/mol. The minimum Gasteiger partial charge on any atom is -0.462 e. The van der Waals surface area contributed by atoms with E-state index < -0.39 is 0 Å². The first-order valence-corrected chi connectivity index (χ1v) is 19.0. The first-order chi connectivity index (χ1) is 27.1. The predicted octanol–water partition coefficient (Wildman–Crippen LogP) is 9.35. The van der Waals surface area contributed by atoms with Crippen molar-refractivity contribution >= 4 is 57.2 Å². The van der Waals surface area contributed by atoms with Crippen LogP contribution in [0.4, 0.5) is 34.1 Å². The number of hydrogen-bond donors (Lipinski definition) is 0. The monoisotopic (exact) mass is 716 g/mol. The standard InChI is InChI=1S/C48H37BN2O4/c1-30-47(52-30)54-38-23-18-32(19-24-38)34-10-8-13-37(28-34)51-42-15-7-6-14-40(42)49-41-27-22-35(33-20-25-39(26-21-33)55-48-31(2)53-48)29-45(41)50(36-11-4-3-5-12-36)43-16-9-17-44(51)46(43)49/h3-31,47-48H,1-2H3. The number of ether oxygens (including phenoxy) is 4. The van der Waals surface area contributed by atoms with Gasteiger partial charge in [0.25, 0.3) is 6.71 Å². The van der Waals surface area contributed by atoms with Gasteiger partial charge in [0.15, 0.2) is 0 Å². The number of nitrogens with zero attached hydrogens (tertiary/aromatic N) is 2. The van der Waals surface area contributed by atoms with Crippen molar-refractivity contribution in [2.45, 2.75) is 38.6 Å². The van der Waals surface area contributed by atoms with Crippen LogP contribution in [-0.2, 0) is 9.47 Å². The van der Waals surface area contributed by atoms with Crippen molar-refractivity contribution in [2.75, 3.05) is 9.80 Å². The summed E-state index contributed by atoms with van der Waals surface area (Å²) in [5.74, 6) is 1.64. The molecule has 55 heavy (non-hydrogen) atoms. The molecule has 0 aliphatic carbocycles. The average molecular weight is 717 g/mol. The normalized spacial score (nSPS) is 19.9. The highest BCUT2D eigenvalue weighted by molar-refractivity contribution is 7.00. The van der Waals surface area contributed by atoms with E-state index in [1.165, 1.54) is 39.1 Å². The molecule has 0 aromatic heterocycles. The summed E-state index contributed by atoms with van der Waals surface area (Å²) in [6.07, 6.45) is -0.00781. The van der Waals surface area contributed by atoms with Gasteiger partial charge < -0.3 is 28.7 Å². The number of para-hydroxylation sites is 2. The van der Waals surface area contributed by atoms with Crippen molar-refractivity contribution in [3.8, 4) is 33.8 Å². The molecule has 0 spiro atoms. The molecule has 0 amide bonds. The maximum Gasteiger partial charge on any atom is 0.252 e. The van der Waals surface area contributed by atoms with Crippen LogP contribution < -0.4 is 35.7 Å². The fourth-order valence-electron chi connectivity index (χ4n) is 8.32. The lowest BCUT2D eigenvalue weighted by Crippen LogP contribution is -2.61. The predicted molar refractivity (Wildman–Crippen MR) is 221 cm³/mol. The van der Waals surface area contributed by atoms with E-state index in [2.05, 4.69) is 149 Å². The molecule has 4 aliphatic rings. The minimum atomic E-state index is -0.151. The van der Waals surface area contributed by atoms with Crippen LogP contribution in [0.1, 0.15) is 13.8 Å². The average Bonchev–Trinajstić information content (AvgIpc) is 4.14. The van der Waals surface area contributed by atoms with E-state index in [0.717, 1.165) is 45.1 Å². The maximum absolute atomic E-state index is 5.96. The van der Waals surface area contributed by atoms with Crippen LogP contribution in [0.3, 0.4) is 0 Å². The maximum atomic E-state index is 5.96. The molecule has 266 valence electrons. The Morgan fingerprint density at radius 3 is 1.56 bits per heavy atom.